The minimum absolute atomic E-state index is 0.0407. The highest BCUT2D eigenvalue weighted by atomic mass is 32.2. The molecule has 0 spiro atoms. The second-order valence-electron chi connectivity index (χ2n) is 6.55. The SMILES string of the molecule is CC(C)CC(CN)NS(=O)(=O)c1cccc(S(=O)(=O)NC2CC2)c1. The van der Waals surface area contributed by atoms with Crippen LogP contribution in [0.5, 0.6) is 0 Å². The number of benzene rings is 1. The highest BCUT2D eigenvalue weighted by molar-refractivity contribution is 7.90. The molecule has 9 heteroatoms. The van der Waals surface area contributed by atoms with Gasteiger partial charge >= 0.3 is 0 Å². The van der Waals surface area contributed by atoms with E-state index < -0.39 is 20.0 Å². The molecule has 1 fully saturated rings. The van der Waals surface area contributed by atoms with Gasteiger partial charge in [0.15, 0.2) is 0 Å². The van der Waals surface area contributed by atoms with Gasteiger partial charge in [0, 0.05) is 18.6 Å². The number of nitrogens with two attached hydrogens (primary N) is 1. The van der Waals surface area contributed by atoms with Gasteiger partial charge in [0.05, 0.1) is 9.79 Å². The lowest BCUT2D eigenvalue weighted by atomic mass is 10.1. The Morgan fingerprint density at radius 2 is 1.71 bits per heavy atom. The van der Waals surface area contributed by atoms with Gasteiger partial charge in [-0.05, 0) is 43.4 Å². The summed E-state index contributed by atoms with van der Waals surface area (Å²) in [5, 5.41) is 0. The van der Waals surface area contributed by atoms with Gasteiger partial charge < -0.3 is 5.73 Å². The van der Waals surface area contributed by atoms with Crippen LogP contribution in [0.2, 0.25) is 0 Å². The molecule has 0 heterocycles. The third-order valence-corrected chi connectivity index (χ3v) is 6.72. The molecule has 0 radical (unpaired) electrons. The first-order valence-corrected chi connectivity index (χ1v) is 11.0. The van der Waals surface area contributed by atoms with Crippen LogP contribution in [0.3, 0.4) is 0 Å². The number of rotatable bonds is 9. The van der Waals surface area contributed by atoms with Crippen molar-refractivity contribution in [2.24, 2.45) is 11.7 Å². The fourth-order valence-corrected chi connectivity index (χ4v) is 5.08. The predicted molar refractivity (Wildman–Crippen MR) is 92.4 cm³/mol. The fourth-order valence-electron chi connectivity index (χ4n) is 2.35. The molecule has 1 aromatic carbocycles. The van der Waals surface area contributed by atoms with Gasteiger partial charge in [0.2, 0.25) is 20.0 Å². The van der Waals surface area contributed by atoms with Gasteiger partial charge in [-0.3, -0.25) is 0 Å². The van der Waals surface area contributed by atoms with Crippen LogP contribution in [-0.2, 0) is 20.0 Å². The smallest absolute Gasteiger partial charge is 0.240 e. The fraction of sp³-hybridized carbons (Fsp3) is 0.600. The Morgan fingerprint density at radius 1 is 1.12 bits per heavy atom. The van der Waals surface area contributed by atoms with Crippen LogP contribution in [0.15, 0.2) is 34.1 Å². The molecule has 0 bridgehead atoms. The van der Waals surface area contributed by atoms with E-state index in [0.717, 1.165) is 12.8 Å². The van der Waals surface area contributed by atoms with Crippen molar-refractivity contribution in [1.82, 2.24) is 9.44 Å². The van der Waals surface area contributed by atoms with E-state index in [4.69, 9.17) is 5.73 Å². The molecular formula is C15H25N3O4S2. The summed E-state index contributed by atoms with van der Waals surface area (Å²) in [5.41, 5.74) is 5.63. The van der Waals surface area contributed by atoms with Crippen LogP contribution in [0.1, 0.15) is 33.1 Å². The topological polar surface area (TPSA) is 118 Å². The average molecular weight is 376 g/mol. The number of hydrogen-bond donors (Lipinski definition) is 3. The van der Waals surface area contributed by atoms with Crippen molar-refractivity contribution < 1.29 is 16.8 Å². The predicted octanol–water partition coefficient (Wildman–Crippen LogP) is 0.779. The molecule has 0 aromatic heterocycles. The Balaban J connectivity index is 2.22. The van der Waals surface area contributed by atoms with E-state index in [2.05, 4.69) is 9.44 Å². The van der Waals surface area contributed by atoms with Gasteiger partial charge in [-0.2, -0.15) is 0 Å². The van der Waals surface area contributed by atoms with Crippen molar-refractivity contribution >= 4 is 20.0 Å². The molecule has 1 aromatic rings. The summed E-state index contributed by atoms with van der Waals surface area (Å²) in [7, 11) is -7.53. The van der Waals surface area contributed by atoms with Crippen LogP contribution in [0, 0.1) is 5.92 Å². The molecule has 0 amide bonds. The molecule has 0 aliphatic heterocycles. The maximum Gasteiger partial charge on any atom is 0.240 e. The van der Waals surface area contributed by atoms with Crippen LogP contribution in [0.4, 0.5) is 0 Å². The molecule has 4 N–H and O–H groups in total. The summed E-state index contributed by atoms with van der Waals surface area (Å²) >= 11 is 0. The van der Waals surface area contributed by atoms with E-state index in [-0.39, 0.29) is 34.3 Å². The summed E-state index contributed by atoms with van der Waals surface area (Å²) in [5.74, 6) is 0.288. The van der Waals surface area contributed by atoms with E-state index in [1.807, 2.05) is 13.8 Å². The van der Waals surface area contributed by atoms with Gasteiger partial charge in [0.1, 0.15) is 0 Å². The zero-order valence-corrected chi connectivity index (χ0v) is 15.5. The maximum atomic E-state index is 12.5. The molecule has 1 aliphatic rings. The molecular weight excluding hydrogens is 350 g/mol. The Bertz CT molecular complexity index is 772. The first-order chi connectivity index (χ1) is 11.1. The number of sulfonamides is 2. The van der Waals surface area contributed by atoms with E-state index in [1.165, 1.54) is 24.3 Å². The minimum atomic E-state index is -3.84. The second-order valence-corrected chi connectivity index (χ2v) is 9.98. The van der Waals surface area contributed by atoms with Crippen molar-refractivity contribution in [2.75, 3.05) is 6.54 Å². The largest absolute Gasteiger partial charge is 0.329 e. The Labute approximate surface area is 144 Å². The van der Waals surface area contributed by atoms with E-state index in [9.17, 15) is 16.8 Å². The molecule has 1 saturated carbocycles. The summed E-state index contributed by atoms with van der Waals surface area (Å²) < 4.78 is 54.6. The van der Waals surface area contributed by atoms with Crippen LogP contribution >= 0.6 is 0 Å². The Hall–Kier alpha value is -1.00. The molecule has 0 saturated heterocycles. The molecule has 1 unspecified atom stereocenters. The summed E-state index contributed by atoms with van der Waals surface area (Å²) in [6, 6.07) is 4.94. The third kappa shape index (κ3) is 5.25. The normalized spacial score (nSPS) is 17.2. The first kappa shape index (κ1) is 19.3. The summed E-state index contributed by atoms with van der Waals surface area (Å²) in [6.45, 7) is 4.14. The first-order valence-electron chi connectivity index (χ1n) is 7.99. The number of hydrogen-bond acceptors (Lipinski definition) is 5. The molecule has 1 atom stereocenters. The van der Waals surface area contributed by atoms with Crippen LogP contribution in [0.25, 0.3) is 0 Å². The Kier molecular flexibility index (Phi) is 6.03. The second kappa shape index (κ2) is 7.49. The lowest BCUT2D eigenvalue weighted by molar-refractivity contribution is 0.465. The van der Waals surface area contributed by atoms with Gasteiger partial charge in [-0.25, -0.2) is 26.3 Å². The summed E-state index contributed by atoms with van der Waals surface area (Å²) in [6.07, 6.45) is 2.23. The van der Waals surface area contributed by atoms with Crippen LogP contribution in [-0.4, -0.2) is 35.5 Å². The number of nitrogens with one attached hydrogen (secondary N) is 2. The van der Waals surface area contributed by atoms with Gasteiger partial charge in [-0.1, -0.05) is 19.9 Å². The summed E-state index contributed by atoms with van der Waals surface area (Å²) in [4.78, 5) is -0.131. The van der Waals surface area contributed by atoms with Crippen molar-refractivity contribution in [2.45, 2.75) is 55.0 Å². The lowest BCUT2D eigenvalue weighted by Crippen LogP contribution is -2.41. The minimum Gasteiger partial charge on any atom is -0.329 e. The quantitative estimate of drug-likeness (QED) is 0.589. The zero-order chi connectivity index (χ0) is 18.0. The maximum absolute atomic E-state index is 12.5. The Morgan fingerprint density at radius 3 is 2.21 bits per heavy atom. The highest BCUT2D eigenvalue weighted by Gasteiger charge is 2.29. The van der Waals surface area contributed by atoms with Crippen molar-refractivity contribution in [3.63, 3.8) is 0 Å². The lowest BCUT2D eigenvalue weighted by Gasteiger charge is -2.19. The van der Waals surface area contributed by atoms with E-state index in [1.54, 1.807) is 0 Å². The molecule has 2 rings (SSSR count). The molecule has 24 heavy (non-hydrogen) atoms. The van der Waals surface area contributed by atoms with Crippen molar-refractivity contribution in [3.8, 4) is 0 Å². The molecule has 7 nitrogen and oxygen atoms in total. The monoisotopic (exact) mass is 375 g/mol. The van der Waals surface area contributed by atoms with Crippen molar-refractivity contribution in [1.29, 1.82) is 0 Å². The molecule has 136 valence electrons. The van der Waals surface area contributed by atoms with Gasteiger partial charge in [-0.15, -0.1) is 0 Å². The standard InChI is InChI=1S/C15H25N3O4S2/c1-11(2)8-13(10-16)18-24(21,22)15-5-3-4-14(9-15)23(19,20)17-12-6-7-12/h3-5,9,11-13,17-18H,6-8,10,16H2,1-2H3. The highest BCUT2D eigenvalue weighted by Crippen LogP contribution is 2.23. The van der Waals surface area contributed by atoms with Crippen LogP contribution < -0.4 is 15.2 Å². The average Bonchev–Trinajstić information content (AvgIpc) is 3.29. The molecule has 1 aliphatic carbocycles. The van der Waals surface area contributed by atoms with Crippen molar-refractivity contribution in [3.05, 3.63) is 24.3 Å². The van der Waals surface area contributed by atoms with E-state index >= 15 is 0 Å². The van der Waals surface area contributed by atoms with Gasteiger partial charge in [0.25, 0.3) is 0 Å². The third-order valence-electron chi connectivity index (χ3n) is 3.69. The zero-order valence-electron chi connectivity index (χ0n) is 13.9. The van der Waals surface area contributed by atoms with E-state index in [0.29, 0.717) is 6.42 Å².